The number of halogens is 1. The van der Waals surface area contributed by atoms with Gasteiger partial charge in [-0.25, -0.2) is 9.97 Å². The molecular formula is C20H19ClN4O. The van der Waals surface area contributed by atoms with E-state index in [0.717, 1.165) is 47.4 Å². The number of hydrogen-bond donors (Lipinski definition) is 1. The fourth-order valence-electron chi connectivity index (χ4n) is 3.50. The molecule has 3 aromatic rings. The maximum absolute atomic E-state index is 12.9. The third-order valence-corrected chi connectivity index (χ3v) is 5.03. The Morgan fingerprint density at radius 3 is 2.92 bits per heavy atom. The zero-order valence-corrected chi connectivity index (χ0v) is 15.2. The number of carbonyl (C=O) groups is 1. The average molecular weight is 367 g/mol. The summed E-state index contributed by atoms with van der Waals surface area (Å²) in [7, 11) is 0. The summed E-state index contributed by atoms with van der Waals surface area (Å²) in [6.07, 6.45) is 3.32. The quantitative estimate of drug-likeness (QED) is 0.754. The molecule has 0 radical (unpaired) electrons. The Morgan fingerprint density at radius 1 is 1.23 bits per heavy atom. The molecule has 0 spiro atoms. The van der Waals surface area contributed by atoms with Crippen LogP contribution in [0.3, 0.4) is 0 Å². The second-order valence-corrected chi connectivity index (χ2v) is 6.95. The monoisotopic (exact) mass is 366 g/mol. The summed E-state index contributed by atoms with van der Waals surface area (Å²) < 4.78 is 0. The van der Waals surface area contributed by atoms with E-state index in [1.807, 2.05) is 43.3 Å². The van der Waals surface area contributed by atoms with Gasteiger partial charge in [-0.3, -0.25) is 4.79 Å². The molecule has 1 atom stereocenters. The smallest absolute Gasteiger partial charge is 0.247 e. The van der Waals surface area contributed by atoms with Gasteiger partial charge in [-0.1, -0.05) is 23.7 Å². The van der Waals surface area contributed by atoms with Crippen LogP contribution in [0.1, 0.15) is 18.4 Å². The molecule has 0 unspecified atom stereocenters. The summed E-state index contributed by atoms with van der Waals surface area (Å²) in [6.45, 7) is 2.74. The molecular weight excluding hydrogens is 348 g/mol. The number of nitrogens with zero attached hydrogens (tertiary/aromatic N) is 3. The minimum absolute atomic E-state index is 0.0179. The van der Waals surface area contributed by atoms with E-state index in [2.05, 4.69) is 20.2 Å². The van der Waals surface area contributed by atoms with Crippen LogP contribution in [-0.2, 0) is 4.79 Å². The molecule has 26 heavy (non-hydrogen) atoms. The van der Waals surface area contributed by atoms with Crippen molar-refractivity contribution >= 4 is 39.9 Å². The van der Waals surface area contributed by atoms with Crippen molar-refractivity contribution in [3.05, 3.63) is 59.4 Å². The van der Waals surface area contributed by atoms with Crippen molar-refractivity contribution in [2.24, 2.45) is 0 Å². The zero-order chi connectivity index (χ0) is 18.1. The van der Waals surface area contributed by atoms with Crippen LogP contribution in [0, 0.1) is 6.92 Å². The highest BCUT2D eigenvalue weighted by Crippen LogP contribution is 2.30. The molecule has 1 amide bonds. The van der Waals surface area contributed by atoms with Crippen LogP contribution in [0.5, 0.6) is 0 Å². The molecule has 132 valence electrons. The molecule has 0 bridgehead atoms. The first-order valence-electron chi connectivity index (χ1n) is 8.67. The minimum Gasteiger partial charge on any atom is -0.344 e. The molecule has 2 aromatic carbocycles. The first-order valence-corrected chi connectivity index (χ1v) is 9.05. The van der Waals surface area contributed by atoms with Crippen molar-refractivity contribution in [2.75, 3.05) is 16.8 Å². The summed E-state index contributed by atoms with van der Waals surface area (Å²) in [5.41, 5.74) is 2.62. The summed E-state index contributed by atoms with van der Waals surface area (Å²) >= 11 is 6.00. The molecule has 4 rings (SSSR count). The zero-order valence-electron chi connectivity index (χ0n) is 14.4. The lowest BCUT2D eigenvalue weighted by Crippen LogP contribution is -2.40. The fraction of sp³-hybridized carbons (Fsp3) is 0.250. The molecule has 2 heterocycles. The molecule has 1 aromatic heterocycles. The van der Waals surface area contributed by atoms with E-state index in [4.69, 9.17) is 11.6 Å². The Balaban J connectivity index is 1.62. The normalized spacial score (nSPS) is 16.8. The minimum atomic E-state index is -0.247. The van der Waals surface area contributed by atoms with Crippen molar-refractivity contribution < 1.29 is 4.79 Å². The number of nitrogens with one attached hydrogen (secondary N) is 1. The standard InChI is InChI=1S/C20H19ClN4O/c1-13-11-14(21)8-9-16(13)24-20(26)18-7-4-10-25(18)19-15-5-2-3-6-17(15)22-12-23-19/h2-3,5-6,8-9,11-12,18H,4,7,10H2,1H3,(H,24,26)/t18-/m1/s1. The molecule has 1 fully saturated rings. The number of amides is 1. The predicted octanol–water partition coefficient (Wildman–Crippen LogP) is 4.20. The lowest BCUT2D eigenvalue weighted by molar-refractivity contribution is -0.117. The highest BCUT2D eigenvalue weighted by molar-refractivity contribution is 6.30. The van der Waals surface area contributed by atoms with Gasteiger partial charge in [0, 0.05) is 22.6 Å². The summed E-state index contributed by atoms with van der Waals surface area (Å²) in [4.78, 5) is 23.8. The number of para-hydroxylation sites is 1. The summed E-state index contributed by atoms with van der Waals surface area (Å²) in [5.74, 6) is 0.802. The van der Waals surface area contributed by atoms with Gasteiger partial charge in [-0.15, -0.1) is 0 Å². The fourth-order valence-corrected chi connectivity index (χ4v) is 3.72. The Labute approximate surface area is 157 Å². The van der Waals surface area contributed by atoms with Crippen molar-refractivity contribution in [1.82, 2.24) is 9.97 Å². The number of fused-ring (bicyclic) bond motifs is 1. The topological polar surface area (TPSA) is 58.1 Å². The van der Waals surface area contributed by atoms with Crippen LogP contribution >= 0.6 is 11.6 Å². The van der Waals surface area contributed by atoms with Crippen LogP contribution in [0.15, 0.2) is 48.8 Å². The van der Waals surface area contributed by atoms with E-state index in [9.17, 15) is 4.79 Å². The Kier molecular flexibility index (Phi) is 4.47. The molecule has 1 N–H and O–H groups in total. The summed E-state index contributed by atoms with van der Waals surface area (Å²) in [6, 6.07) is 13.1. The second kappa shape index (κ2) is 6.92. The van der Waals surface area contributed by atoms with Gasteiger partial charge >= 0.3 is 0 Å². The number of benzene rings is 2. The van der Waals surface area contributed by atoms with E-state index in [1.165, 1.54) is 0 Å². The second-order valence-electron chi connectivity index (χ2n) is 6.51. The van der Waals surface area contributed by atoms with E-state index >= 15 is 0 Å². The highest BCUT2D eigenvalue weighted by atomic mass is 35.5. The van der Waals surface area contributed by atoms with Gasteiger partial charge in [0.15, 0.2) is 0 Å². The molecule has 0 aliphatic carbocycles. The number of aryl methyl sites for hydroxylation is 1. The van der Waals surface area contributed by atoms with Crippen LogP contribution < -0.4 is 10.2 Å². The first kappa shape index (κ1) is 16.8. The molecule has 0 saturated carbocycles. The van der Waals surface area contributed by atoms with Crippen molar-refractivity contribution in [1.29, 1.82) is 0 Å². The number of carbonyl (C=O) groups excluding carboxylic acids is 1. The van der Waals surface area contributed by atoms with Gasteiger partial charge in [0.1, 0.15) is 18.2 Å². The number of rotatable bonds is 3. The van der Waals surface area contributed by atoms with Gasteiger partial charge in [0.25, 0.3) is 0 Å². The van der Waals surface area contributed by atoms with Crippen molar-refractivity contribution in [3.63, 3.8) is 0 Å². The molecule has 6 heteroatoms. The first-order chi connectivity index (χ1) is 12.6. The largest absolute Gasteiger partial charge is 0.344 e. The van der Waals surface area contributed by atoms with Crippen molar-refractivity contribution in [2.45, 2.75) is 25.8 Å². The number of anilines is 2. The number of aromatic nitrogens is 2. The Morgan fingerprint density at radius 2 is 2.08 bits per heavy atom. The van der Waals surface area contributed by atoms with Gasteiger partial charge in [-0.2, -0.15) is 0 Å². The van der Waals surface area contributed by atoms with Crippen LogP contribution in [0.25, 0.3) is 10.9 Å². The van der Waals surface area contributed by atoms with E-state index in [0.29, 0.717) is 5.02 Å². The van der Waals surface area contributed by atoms with Gasteiger partial charge in [0.05, 0.1) is 5.52 Å². The average Bonchev–Trinajstić information content (AvgIpc) is 3.13. The lowest BCUT2D eigenvalue weighted by Gasteiger charge is -2.26. The molecule has 1 aliphatic rings. The Bertz CT molecular complexity index is 970. The van der Waals surface area contributed by atoms with E-state index < -0.39 is 0 Å². The third-order valence-electron chi connectivity index (χ3n) is 4.80. The third kappa shape index (κ3) is 3.10. The van der Waals surface area contributed by atoms with Gasteiger partial charge in [0.2, 0.25) is 5.91 Å². The predicted molar refractivity (Wildman–Crippen MR) is 105 cm³/mol. The van der Waals surface area contributed by atoms with Crippen molar-refractivity contribution in [3.8, 4) is 0 Å². The van der Waals surface area contributed by atoms with Crippen LogP contribution in [0.2, 0.25) is 5.02 Å². The van der Waals surface area contributed by atoms with E-state index in [1.54, 1.807) is 12.4 Å². The maximum atomic E-state index is 12.9. The SMILES string of the molecule is Cc1cc(Cl)ccc1NC(=O)[C@H]1CCCN1c1ncnc2ccccc12. The molecule has 1 aliphatic heterocycles. The number of hydrogen-bond acceptors (Lipinski definition) is 4. The van der Waals surface area contributed by atoms with Crippen LogP contribution in [-0.4, -0.2) is 28.5 Å². The Hall–Kier alpha value is -2.66. The van der Waals surface area contributed by atoms with E-state index in [-0.39, 0.29) is 11.9 Å². The molecule has 5 nitrogen and oxygen atoms in total. The lowest BCUT2D eigenvalue weighted by atomic mass is 10.1. The van der Waals surface area contributed by atoms with Gasteiger partial charge < -0.3 is 10.2 Å². The van der Waals surface area contributed by atoms with Gasteiger partial charge in [-0.05, 0) is 55.7 Å². The molecule has 1 saturated heterocycles. The summed E-state index contributed by atoms with van der Waals surface area (Å²) in [5, 5.41) is 4.68. The van der Waals surface area contributed by atoms with Crippen LogP contribution in [0.4, 0.5) is 11.5 Å². The highest BCUT2D eigenvalue weighted by Gasteiger charge is 2.32. The maximum Gasteiger partial charge on any atom is 0.247 e.